The number of hydrogen-bond acceptors (Lipinski definition) is 8. The fourth-order valence-corrected chi connectivity index (χ4v) is 6.67. The molecule has 32 heavy (non-hydrogen) atoms. The second-order valence-electron chi connectivity index (χ2n) is 10.3. The summed E-state index contributed by atoms with van der Waals surface area (Å²) in [6.45, 7) is 7.31. The maximum absolute atomic E-state index is 14.1. The van der Waals surface area contributed by atoms with E-state index in [0.29, 0.717) is 25.7 Å². The van der Waals surface area contributed by atoms with Crippen LogP contribution in [0.15, 0.2) is 0 Å². The SMILES string of the molecule is CC(=O)C(C)(COP(=O)(OC1CCCCC1[N+](=O)[O-])C1CCCCC1)C(=O)OC(C)(C)C. The number of rotatable bonds is 9. The van der Waals surface area contributed by atoms with Gasteiger partial charge in [0.25, 0.3) is 0 Å². The van der Waals surface area contributed by atoms with Crippen LogP contribution in [-0.4, -0.2) is 46.7 Å². The van der Waals surface area contributed by atoms with Crippen LogP contribution in [-0.2, 0) is 27.9 Å². The van der Waals surface area contributed by atoms with Crippen LogP contribution in [0.25, 0.3) is 0 Å². The Bertz CT molecular complexity index is 743. The van der Waals surface area contributed by atoms with Gasteiger partial charge in [0.2, 0.25) is 6.04 Å². The molecule has 2 saturated carbocycles. The fourth-order valence-electron chi connectivity index (χ4n) is 4.16. The van der Waals surface area contributed by atoms with Gasteiger partial charge in [0.1, 0.15) is 22.9 Å². The molecule has 0 radical (unpaired) electrons. The second-order valence-corrected chi connectivity index (χ2v) is 12.6. The van der Waals surface area contributed by atoms with Crippen LogP contribution in [0.4, 0.5) is 0 Å². The molecule has 0 heterocycles. The van der Waals surface area contributed by atoms with Gasteiger partial charge in [-0.3, -0.25) is 28.8 Å². The van der Waals surface area contributed by atoms with E-state index in [1.54, 1.807) is 20.8 Å². The lowest BCUT2D eigenvalue weighted by molar-refractivity contribution is -0.536. The zero-order valence-electron chi connectivity index (χ0n) is 20.0. The van der Waals surface area contributed by atoms with Crippen LogP contribution < -0.4 is 0 Å². The molecule has 0 aromatic heterocycles. The highest BCUT2D eigenvalue weighted by Gasteiger charge is 2.48. The zero-order valence-corrected chi connectivity index (χ0v) is 20.9. The first kappa shape index (κ1) is 26.9. The lowest BCUT2D eigenvalue weighted by Gasteiger charge is -2.36. The Morgan fingerprint density at radius 2 is 1.56 bits per heavy atom. The Labute approximate surface area is 190 Å². The van der Waals surface area contributed by atoms with E-state index < -0.39 is 54.8 Å². The zero-order chi connectivity index (χ0) is 24.2. The van der Waals surface area contributed by atoms with Gasteiger partial charge in [-0.05, 0) is 60.3 Å². The summed E-state index contributed by atoms with van der Waals surface area (Å²) < 4.78 is 31.3. The monoisotopic (exact) mass is 475 g/mol. The molecule has 4 unspecified atom stereocenters. The van der Waals surface area contributed by atoms with Crippen LogP contribution in [0.5, 0.6) is 0 Å². The number of hydrogen-bond donors (Lipinski definition) is 0. The molecule has 0 bridgehead atoms. The van der Waals surface area contributed by atoms with Gasteiger partial charge in [0.15, 0.2) is 0 Å². The van der Waals surface area contributed by atoms with Crippen molar-refractivity contribution in [3.05, 3.63) is 10.1 Å². The molecule has 0 spiro atoms. The third-order valence-electron chi connectivity index (χ3n) is 6.40. The lowest BCUT2D eigenvalue weighted by Crippen LogP contribution is -2.44. The minimum atomic E-state index is -3.83. The third kappa shape index (κ3) is 6.84. The minimum Gasteiger partial charge on any atom is -0.459 e. The third-order valence-corrected chi connectivity index (χ3v) is 8.87. The molecule has 2 rings (SSSR count). The highest BCUT2D eigenvalue weighted by atomic mass is 31.2. The van der Waals surface area contributed by atoms with Gasteiger partial charge in [-0.15, -0.1) is 0 Å². The summed E-state index contributed by atoms with van der Waals surface area (Å²) in [7, 11) is -3.83. The van der Waals surface area contributed by atoms with Crippen molar-refractivity contribution < 1.29 is 32.9 Å². The summed E-state index contributed by atoms with van der Waals surface area (Å²) in [5.41, 5.74) is -2.87. The van der Waals surface area contributed by atoms with E-state index in [4.69, 9.17) is 13.8 Å². The standard InChI is InChI=1S/C22H38NO8P/c1-16(24)22(5,20(25)30-21(2,3)4)15-29-32(28,17-11-7-6-8-12-17)31-19-14-10-9-13-18(19)23(26)27/h17-19H,6-15H2,1-5H3. The summed E-state index contributed by atoms with van der Waals surface area (Å²) in [4.78, 5) is 36.4. The fraction of sp³-hybridized carbons (Fsp3) is 0.909. The van der Waals surface area contributed by atoms with Crippen LogP contribution >= 0.6 is 7.60 Å². The number of nitro groups is 1. The molecule has 184 valence electrons. The molecule has 2 aliphatic carbocycles. The smallest absolute Gasteiger partial charge is 0.334 e. The highest BCUT2D eigenvalue weighted by molar-refractivity contribution is 7.54. The van der Waals surface area contributed by atoms with E-state index in [1.165, 1.54) is 13.8 Å². The first-order valence-electron chi connectivity index (χ1n) is 11.6. The van der Waals surface area contributed by atoms with E-state index >= 15 is 0 Å². The molecule has 0 saturated heterocycles. The second kappa shape index (κ2) is 10.7. The molecule has 0 aromatic carbocycles. The van der Waals surface area contributed by atoms with E-state index in [2.05, 4.69) is 0 Å². The number of carbonyl (C=O) groups is 2. The topological polar surface area (TPSA) is 122 Å². The van der Waals surface area contributed by atoms with Crippen LogP contribution in [0.2, 0.25) is 0 Å². The molecule has 2 aliphatic rings. The lowest BCUT2D eigenvalue weighted by atomic mass is 9.87. The van der Waals surface area contributed by atoms with Crippen molar-refractivity contribution >= 4 is 19.3 Å². The average Bonchev–Trinajstić information content (AvgIpc) is 2.71. The van der Waals surface area contributed by atoms with Crippen molar-refractivity contribution in [3.8, 4) is 0 Å². The molecule has 0 aliphatic heterocycles. The largest absolute Gasteiger partial charge is 0.459 e. The van der Waals surface area contributed by atoms with Crippen molar-refractivity contribution in [1.29, 1.82) is 0 Å². The molecule has 10 heteroatoms. The first-order valence-corrected chi connectivity index (χ1v) is 13.2. The molecule has 0 amide bonds. The molecular formula is C22H38NO8P. The Balaban J connectivity index is 2.27. The van der Waals surface area contributed by atoms with Gasteiger partial charge in [-0.2, -0.15) is 0 Å². The molecule has 0 N–H and O–H groups in total. The number of ether oxygens (including phenoxy) is 1. The van der Waals surface area contributed by atoms with Gasteiger partial charge in [0.05, 0.1) is 12.3 Å². The summed E-state index contributed by atoms with van der Waals surface area (Å²) in [6, 6.07) is -0.936. The Hall–Kier alpha value is -1.31. The maximum atomic E-state index is 14.1. The van der Waals surface area contributed by atoms with Gasteiger partial charge in [0, 0.05) is 11.3 Å². The number of ketones is 1. The van der Waals surface area contributed by atoms with Gasteiger partial charge in [-0.1, -0.05) is 25.7 Å². The van der Waals surface area contributed by atoms with Crippen molar-refractivity contribution in [2.75, 3.05) is 6.61 Å². The summed E-state index contributed by atoms with van der Waals surface area (Å²) >= 11 is 0. The maximum Gasteiger partial charge on any atom is 0.334 e. The molecule has 0 aromatic rings. The summed E-state index contributed by atoms with van der Waals surface area (Å²) in [6.07, 6.45) is 5.45. The van der Waals surface area contributed by atoms with Gasteiger partial charge >= 0.3 is 13.6 Å². The van der Waals surface area contributed by atoms with Crippen molar-refractivity contribution in [2.24, 2.45) is 5.41 Å². The van der Waals surface area contributed by atoms with Crippen LogP contribution in [0.3, 0.4) is 0 Å². The molecular weight excluding hydrogens is 437 g/mol. The van der Waals surface area contributed by atoms with E-state index in [1.807, 2.05) is 0 Å². The number of carbonyl (C=O) groups excluding carboxylic acids is 2. The van der Waals surface area contributed by atoms with E-state index in [0.717, 1.165) is 32.1 Å². The average molecular weight is 476 g/mol. The molecule has 4 atom stereocenters. The molecule has 2 fully saturated rings. The quantitative estimate of drug-likeness (QED) is 0.149. The van der Waals surface area contributed by atoms with E-state index in [9.17, 15) is 24.3 Å². The number of Topliss-reactive ketones (excluding diaryl/α,β-unsaturated/α-hetero) is 1. The first-order chi connectivity index (χ1) is 14.8. The summed E-state index contributed by atoms with van der Waals surface area (Å²) in [5.74, 6) is -1.23. The Kier molecular flexibility index (Phi) is 9.05. The Morgan fingerprint density at radius 1 is 1.00 bits per heavy atom. The number of nitrogens with zero attached hydrogens (tertiary/aromatic N) is 1. The van der Waals surface area contributed by atoms with Crippen molar-refractivity contribution in [3.63, 3.8) is 0 Å². The highest BCUT2D eigenvalue weighted by Crippen LogP contribution is 2.60. The van der Waals surface area contributed by atoms with Crippen LogP contribution in [0.1, 0.15) is 92.4 Å². The van der Waals surface area contributed by atoms with Crippen molar-refractivity contribution in [2.45, 2.75) is 116 Å². The van der Waals surface area contributed by atoms with Crippen molar-refractivity contribution in [1.82, 2.24) is 0 Å². The molecule has 9 nitrogen and oxygen atoms in total. The van der Waals surface area contributed by atoms with Gasteiger partial charge < -0.3 is 9.26 Å². The van der Waals surface area contributed by atoms with E-state index in [-0.39, 0.29) is 4.92 Å². The van der Waals surface area contributed by atoms with Gasteiger partial charge in [-0.25, -0.2) is 0 Å². The Morgan fingerprint density at radius 3 is 2.09 bits per heavy atom. The summed E-state index contributed by atoms with van der Waals surface area (Å²) in [5, 5.41) is 11.5. The normalized spacial score (nSPS) is 26.5. The minimum absolute atomic E-state index is 0.366. The van der Waals surface area contributed by atoms with Crippen LogP contribution in [0, 0.1) is 15.5 Å². The predicted octanol–water partition coefficient (Wildman–Crippen LogP) is 5.07. The predicted molar refractivity (Wildman–Crippen MR) is 119 cm³/mol. The number of esters is 1.